The molecule has 1 unspecified atom stereocenters. The average molecular weight is 530 g/mol. The number of benzene rings is 3. The van der Waals surface area contributed by atoms with E-state index in [1.807, 2.05) is 78.9 Å². The van der Waals surface area contributed by atoms with Crippen molar-refractivity contribution in [3.05, 3.63) is 127 Å². The predicted octanol–water partition coefficient (Wildman–Crippen LogP) is 6.92. The summed E-state index contributed by atoms with van der Waals surface area (Å²) in [7, 11) is 0. The monoisotopic (exact) mass is 528 g/mol. The summed E-state index contributed by atoms with van der Waals surface area (Å²) in [6.45, 7) is 0. The van der Waals surface area contributed by atoms with Gasteiger partial charge in [-0.15, -0.1) is 0 Å². The van der Waals surface area contributed by atoms with E-state index >= 15 is 0 Å². The van der Waals surface area contributed by atoms with Gasteiger partial charge >= 0.3 is 0 Å². The molecule has 3 aromatic carbocycles. The number of hydrogen-bond acceptors (Lipinski definition) is 2. The minimum Gasteiger partial charge on any atom is -0.293 e. The van der Waals surface area contributed by atoms with E-state index in [1.165, 1.54) is 0 Å². The molecule has 0 N–H and O–H groups in total. The van der Waals surface area contributed by atoms with Gasteiger partial charge in [0.2, 0.25) is 0 Å². The highest BCUT2D eigenvalue weighted by molar-refractivity contribution is 9.10. The number of Topliss-reactive ketones (excluding diaryl/α,β-unsaturated/α-hetero) is 2. The molecule has 6 rings (SSSR count). The molecule has 0 amide bonds. The Hall–Kier alpha value is -2.82. The van der Waals surface area contributed by atoms with E-state index in [2.05, 4.69) is 31.9 Å². The van der Waals surface area contributed by atoms with Crippen LogP contribution in [0.5, 0.6) is 0 Å². The maximum absolute atomic E-state index is 14.0. The highest BCUT2D eigenvalue weighted by atomic mass is 79.9. The molecule has 0 aromatic heterocycles. The second-order valence-electron chi connectivity index (χ2n) is 7.81. The zero-order chi connectivity index (χ0) is 21.3. The lowest BCUT2D eigenvalue weighted by molar-refractivity contribution is -0.114. The summed E-state index contributed by atoms with van der Waals surface area (Å²) in [6, 6.07) is 23.3. The largest absolute Gasteiger partial charge is 0.293 e. The van der Waals surface area contributed by atoms with Crippen molar-refractivity contribution in [1.82, 2.24) is 0 Å². The number of halogens is 2. The lowest BCUT2D eigenvalue weighted by atomic mass is 9.88. The van der Waals surface area contributed by atoms with Gasteiger partial charge < -0.3 is 0 Å². The van der Waals surface area contributed by atoms with Crippen molar-refractivity contribution >= 4 is 54.6 Å². The summed E-state index contributed by atoms with van der Waals surface area (Å²) in [5.41, 5.74) is 7.46. The Labute approximate surface area is 196 Å². The molecule has 0 heterocycles. The van der Waals surface area contributed by atoms with E-state index in [4.69, 9.17) is 0 Å². The summed E-state index contributed by atoms with van der Waals surface area (Å²) in [5.74, 6) is -0.355. The normalized spacial score (nSPS) is 19.0. The van der Waals surface area contributed by atoms with Crippen molar-refractivity contribution in [3.63, 3.8) is 0 Å². The first kappa shape index (κ1) is 18.9. The van der Waals surface area contributed by atoms with Crippen LogP contribution < -0.4 is 0 Å². The van der Waals surface area contributed by atoms with E-state index in [0.29, 0.717) is 16.7 Å². The number of ketones is 2. The third-order valence-corrected chi connectivity index (χ3v) is 7.64. The third kappa shape index (κ3) is 2.55. The highest BCUT2D eigenvalue weighted by Gasteiger charge is 2.47. The lowest BCUT2D eigenvalue weighted by Crippen LogP contribution is -2.11. The van der Waals surface area contributed by atoms with Crippen LogP contribution in [0.25, 0.3) is 11.1 Å². The van der Waals surface area contributed by atoms with Gasteiger partial charge in [-0.2, -0.15) is 0 Å². The smallest absolute Gasteiger partial charge is 0.194 e. The van der Waals surface area contributed by atoms with Crippen LogP contribution in [0, 0.1) is 0 Å². The van der Waals surface area contributed by atoms with Crippen LogP contribution >= 0.6 is 31.9 Å². The van der Waals surface area contributed by atoms with Gasteiger partial charge in [0.05, 0.1) is 5.92 Å². The first-order valence-corrected chi connectivity index (χ1v) is 11.5. The van der Waals surface area contributed by atoms with Crippen LogP contribution in [0.15, 0.2) is 105 Å². The van der Waals surface area contributed by atoms with Gasteiger partial charge in [0.15, 0.2) is 11.6 Å². The average Bonchev–Trinajstić information content (AvgIpc) is 3.37. The van der Waals surface area contributed by atoms with Gasteiger partial charge in [-0.3, -0.25) is 9.59 Å². The van der Waals surface area contributed by atoms with Crippen LogP contribution in [0.3, 0.4) is 0 Å². The number of carbonyl (C=O) groups is 2. The zero-order valence-corrected chi connectivity index (χ0v) is 19.3. The van der Waals surface area contributed by atoms with Crippen LogP contribution in [0.2, 0.25) is 0 Å². The Bertz CT molecular complexity index is 1440. The fourth-order valence-electron chi connectivity index (χ4n) is 4.94. The Kier molecular flexibility index (Phi) is 4.17. The van der Waals surface area contributed by atoms with E-state index in [0.717, 1.165) is 42.4 Å². The van der Waals surface area contributed by atoms with Crippen LogP contribution in [-0.4, -0.2) is 11.6 Å². The van der Waals surface area contributed by atoms with Gasteiger partial charge in [-0.05, 0) is 40.5 Å². The molecule has 3 aliphatic rings. The Morgan fingerprint density at radius 3 is 1.94 bits per heavy atom. The molecule has 1 atom stereocenters. The maximum Gasteiger partial charge on any atom is 0.194 e. The van der Waals surface area contributed by atoms with Crippen LogP contribution in [0.4, 0.5) is 0 Å². The molecule has 0 aliphatic heterocycles. The fourth-order valence-corrected chi connectivity index (χ4v) is 5.93. The number of carbonyl (C=O) groups excluding carboxylic acids is 2. The van der Waals surface area contributed by atoms with Crippen LogP contribution in [-0.2, 0) is 4.79 Å². The minimum atomic E-state index is -0.446. The number of rotatable bonds is 2. The summed E-state index contributed by atoms with van der Waals surface area (Å²) in [5, 5.41) is 0. The molecule has 0 saturated carbocycles. The second-order valence-corrected chi connectivity index (χ2v) is 9.52. The number of fused-ring (bicyclic) bond motifs is 4. The Morgan fingerprint density at radius 1 is 0.613 bits per heavy atom. The Morgan fingerprint density at radius 2 is 1.23 bits per heavy atom. The van der Waals surface area contributed by atoms with Gasteiger partial charge in [0.1, 0.15) is 0 Å². The molecule has 2 nitrogen and oxygen atoms in total. The minimum absolute atomic E-state index is 0.0322. The summed E-state index contributed by atoms with van der Waals surface area (Å²) >= 11 is 7.27. The van der Waals surface area contributed by atoms with Crippen molar-refractivity contribution in [2.45, 2.75) is 5.92 Å². The molecule has 0 saturated heterocycles. The molecule has 3 aliphatic carbocycles. The van der Waals surface area contributed by atoms with Crippen molar-refractivity contribution in [2.75, 3.05) is 0 Å². The molecule has 0 fully saturated rings. The molecule has 4 heteroatoms. The topological polar surface area (TPSA) is 34.1 Å². The summed E-state index contributed by atoms with van der Waals surface area (Å²) in [4.78, 5) is 27.1. The fraction of sp³-hybridized carbons (Fsp3) is 0.0370. The van der Waals surface area contributed by atoms with Gasteiger partial charge in [-0.25, -0.2) is 0 Å². The van der Waals surface area contributed by atoms with E-state index < -0.39 is 5.92 Å². The van der Waals surface area contributed by atoms with Crippen molar-refractivity contribution in [1.29, 1.82) is 0 Å². The first-order chi connectivity index (χ1) is 15.1. The molecule has 3 aromatic rings. The summed E-state index contributed by atoms with van der Waals surface area (Å²) < 4.78 is 1.75. The van der Waals surface area contributed by atoms with E-state index in [-0.39, 0.29) is 11.6 Å². The second kappa shape index (κ2) is 6.84. The summed E-state index contributed by atoms with van der Waals surface area (Å²) in [6.07, 6.45) is 1.94. The predicted molar refractivity (Wildman–Crippen MR) is 129 cm³/mol. The molecule has 31 heavy (non-hydrogen) atoms. The van der Waals surface area contributed by atoms with Gasteiger partial charge in [0.25, 0.3) is 0 Å². The Balaban J connectivity index is 1.66. The molecule has 0 spiro atoms. The lowest BCUT2D eigenvalue weighted by Gasteiger charge is -2.14. The molecule has 0 bridgehead atoms. The number of hydrogen-bond donors (Lipinski definition) is 0. The standard InChI is InChI=1S/C27H14Br2O2/c28-20-11-5-3-9-16(20)23-18-13-19-22(14-7-1-2-8-15(14)26(19)30)24(18)25(27(23)31)17-10-4-6-12-21(17)29/h1-13,23H. The SMILES string of the molecule is O=C1C2=C(C3=C(c4ccccc4Br)C(=O)C(c4ccccc4Br)C3=C2)c2ccccc21. The molecular formula is C27H14Br2O2. The third-order valence-electron chi connectivity index (χ3n) is 6.22. The number of allylic oxidation sites excluding steroid dienone is 6. The van der Waals surface area contributed by atoms with E-state index in [1.54, 1.807) is 0 Å². The van der Waals surface area contributed by atoms with Crippen LogP contribution in [0.1, 0.15) is 33.0 Å². The highest BCUT2D eigenvalue weighted by Crippen LogP contribution is 2.57. The van der Waals surface area contributed by atoms with Crippen molar-refractivity contribution in [2.24, 2.45) is 0 Å². The van der Waals surface area contributed by atoms with Crippen molar-refractivity contribution in [3.8, 4) is 0 Å². The van der Waals surface area contributed by atoms with E-state index in [9.17, 15) is 9.59 Å². The zero-order valence-electron chi connectivity index (χ0n) is 16.2. The van der Waals surface area contributed by atoms with Gasteiger partial charge in [-0.1, -0.05) is 92.5 Å². The van der Waals surface area contributed by atoms with Crippen molar-refractivity contribution < 1.29 is 9.59 Å². The molecule has 148 valence electrons. The molecule has 0 radical (unpaired) electrons. The first-order valence-electron chi connectivity index (χ1n) is 9.96. The maximum atomic E-state index is 14.0. The molecular weight excluding hydrogens is 516 g/mol. The van der Waals surface area contributed by atoms with Gasteiger partial charge in [0, 0.05) is 36.8 Å². The quantitative estimate of drug-likeness (QED) is 0.361.